The van der Waals surface area contributed by atoms with Crippen LogP contribution >= 0.6 is 0 Å². The third-order valence-corrected chi connectivity index (χ3v) is 7.11. The average Bonchev–Trinajstić information content (AvgIpc) is 3.16. The van der Waals surface area contributed by atoms with Gasteiger partial charge in [0.1, 0.15) is 0 Å². The molecular weight excluding hydrogens is 334 g/mol. The molecule has 2 heterocycles. The van der Waals surface area contributed by atoms with Crippen molar-refractivity contribution in [3.05, 3.63) is 29.3 Å². The molecule has 0 spiro atoms. The standard InChI is InChI=1S/C23H37N3O/c1-18(2)26-14-13-25(17-23(26)10-15-27)21-8-11-24(12-9-21)22-7-6-19-4-3-5-20(19)16-22/h6-7,16,18,21,23,27H,3-5,8-15,17H2,1-2H3/t23-/m0/s1. The summed E-state index contributed by atoms with van der Waals surface area (Å²) in [6, 6.07) is 8.98. The highest BCUT2D eigenvalue weighted by atomic mass is 16.3. The Morgan fingerprint density at radius 3 is 2.56 bits per heavy atom. The van der Waals surface area contributed by atoms with Gasteiger partial charge in [0.05, 0.1) is 0 Å². The minimum Gasteiger partial charge on any atom is -0.396 e. The second-order valence-electron chi connectivity index (χ2n) is 9.02. The first-order chi connectivity index (χ1) is 13.2. The number of aliphatic hydroxyl groups is 1. The summed E-state index contributed by atoms with van der Waals surface area (Å²) in [7, 11) is 0. The zero-order valence-electron chi connectivity index (χ0n) is 17.2. The van der Waals surface area contributed by atoms with Gasteiger partial charge in [0.25, 0.3) is 0 Å². The van der Waals surface area contributed by atoms with Gasteiger partial charge in [0.15, 0.2) is 0 Å². The van der Waals surface area contributed by atoms with Crippen molar-refractivity contribution in [2.24, 2.45) is 0 Å². The van der Waals surface area contributed by atoms with E-state index in [9.17, 15) is 5.11 Å². The summed E-state index contributed by atoms with van der Waals surface area (Å²) in [4.78, 5) is 7.91. The van der Waals surface area contributed by atoms with Crippen molar-refractivity contribution >= 4 is 5.69 Å². The summed E-state index contributed by atoms with van der Waals surface area (Å²) in [6.45, 7) is 10.7. The molecule has 0 radical (unpaired) electrons. The lowest BCUT2D eigenvalue weighted by Crippen LogP contribution is -2.59. The Bertz CT molecular complexity index is 624. The highest BCUT2D eigenvalue weighted by Crippen LogP contribution is 2.30. The number of aryl methyl sites for hydroxylation is 2. The van der Waals surface area contributed by atoms with Crippen LogP contribution in [0, 0.1) is 0 Å². The number of hydrogen-bond acceptors (Lipinski definition) is 4. The number of piperazine rings is 1. The molecule has 1 aliphatic carbocycles. The molecule has 150 valence electrons. The summed E-state index contributed by atoms with van der Waals surface area (Å²) in [6.07, 6.45) is 7.32. The van der Waals surface area contributed by atoms with Crippen LogP contribution in [-0.4, -0.2) is 72.4 Å². The SMILES string of the molecule is CC(C)N1CCN(C2CCN(c3ccc4c(c3)CCC4)CC2)C[C@@H]1CCO. The first-order valence-corrected chi connectivity index (χ1v) is 11.1. The number of anilines is 1. The minimum atomic E-state index is 0.304. The Labute approximate surface area is 165 Å². The summed E-state index contributed by atoms with van der Waals surface area (Å²) < 4.78 is 0. The van der Waals surface area contributed by atoms with E-state index in [1.54, 1.807) is 11.1 Å². The Morgan fingerprint density at radius 2 is 1.81 bits per heavy atom. The van der Waals surface area contributed by atoms with Crippen molar-refractivity contribution in [2.75, 3.05) is 44.2 Å². The van der Waals surface area contributed by atoms with E-state index < -0.39 is 0 Å². The van der Waals surface area contributed by atoms with Crippen LogP contribution in [0.4, 0.5) is 5.69 Å². The molecule has 2 aliphatic heterocycles. The van der Waals surface area contributed by atoms with Crippen LogP contribution in [-0.2, 0) is 12.8 Å². The van der Waals surface area contributed by atoms with Crippen molar-refractivity contribution in [1.82, 2.24) is 9.80 Å². The number of rotatable bonds is 5. The van der Waals surface area contributed by atoms with E-state index in [1.807, 2.05) is 0 Å². The zero-order chi connectivity index (χ0) is 18.8. The second kappa shape index (κ2) is 8.50. The third-order valence-electron chi connectivity index (χ3n) is 7.11. The number of hydrogen-bond donors (Lipinski definition) is 1. The molecule has 1 aromatic carbocycles. The van der Waals surface area contributed by atoms with Gasteiger partial charge in [-0.05, 0) is 75.6 Å². The fourth-order valence-electron chi connectivity index (χ4n) is 5.56. The van der Waals surface area contributed by atoms with Crippen LogP contribution in [0.25, 0.3) is 0 Å². The molecule has 1 N–H and O–H groups in total. The third kappa shape index (κ3) is 4.18. The quantitative estimate of drug-likeness (QED) is 0.862. The average molecular weight is 372 g/mol. The van der Waals surface area contributed by atoms with Crippen molar-refractivity contribution in [3.63, 3.8) is 0 Å². The molecule has 4 nitrogen and oxygen atoms in total. The van der Waals surface area contributed by atoms with Crippen molar-refractivity contribution in [2.45, 2.75) is 70.5 Å². The Kier molecular flexibility index (Phi) is 6.05. The van der Waals surface area contributed by atoms with Gasteiger partial charge in [-0.3, -0.25) is 9.80 Å². The predicted octanol–water partition coefficient (Wildman–Crippen LogP) is 2.92. The summed E-state index contributed by atoms with van der Waals surface area (Å²) in [5.74, 6) is 0. The molecule has 0 unspecified atom stereocenters. The number of nitrogens with zero attached hydrogens (tertiary/aromatic N) is 3. The van der Waals surface area contributed by atoms with E-state index in [-0.39, 0.29) is 0 Å². The van der Waals surface area contributed by atoms with Crippen LogP contribution in [0.2, 0.25) is 0 Å². The highest BCUT2D eigenvalue weighted by Gasteiger charge is 2.33. The molecule has 27 heavy (non-hydrogen) atoms. The van der Waals surface area contributed by atoms with E-state index in [4.69, 9.17) is 0 Å². The van der Waals surface area contributed by atoms with Gasteiger partial charge >= 0.3 is 0 Å². The Hall–Kier alpha value is -1.10. The van der Waals surface area contributed by atoms with E-state index in [2.05, 4.69) is 46.7 Å². The normalized spacial score (nSPS) is 25.3. The molecule has 1 aromatic rings. The lowest BCUT2D eigenvalue weighted by molar-refractivity contribution is 0.0134. The molecule has 0 amide bonds. The minimum absolute atomic E-state index is 0.304. The van der Waals surface area contributed by atoms with Gasteiger partial charge in [-0.1, -0.05) is 6.07 Å². The molecule has 4 rings (SSSR count). The van der Waals surface area contributed by atoms with Gasteiger partial charge in [-0.25, -0.2) is 0 Å². The van der Waals surface area contributed by atoms with E-state index in [0.717, 1.165) is 19.5 Å². The second-order valence-corrected chi connectivity index (χ2v) is 9.02. The maximum absolute atomic E-state index is 9.49. The number of piperidine rings is 1. The summed E-state index contributed by atoms with van der Waals surface area (Å²) in [5.41, 5.74) is 4.61. The Balaban J connectivity index is 1.34. The first-order valence-electron chi connectivity index (χ1n) is 11.1. The van der Waals surface area contributed by atoms with Crippen LogP contribution in [0.1, 0.15) is 50.7 Å². The van der Waals surface area contributed by atoms with E-state index in [1.165, 1.54) is 57.4 Å². The van der Waals surface area contributed by atoms with Crippen molar-refractivity contribution < 1.29 is 5.11 Å². The molecule has 0 saturated carbocycles. The topological polar surface area (TPSA) is 30.0 Å². The molecule has 2 fully saturated rings. The van der Waals surface area contributed by atoms with Crippen LogP contribution < -0.4 is 4.90 Å². The van der Waals surface area contributed by atoms with Crippen LogP contribution in [0.5, 0.6) is 0 Å². The maximum Gasteiger partial charge on any atom is 0.0446 e. The molecular formula is C23H37N3O. The maximum atomic E-state index is 9.49. The van der Waals surface area contributed by atoms with Crippen LogP contribution in [0.15, 0.2) is 18.2 Å². The van der Waals surface area contributed by atoms with Gasteiger partial charge < -0.3 is 10.0 Å². The lowest BCUT2D eigenvalue weighted by atomic mass is 9.98. The monoisotopic (exact) mass is 371 g/mol. The largest absolute Gasteiger partial charge is 0.396 e. The van der Waals surface area contributed by atoms with Crippen molar-refractivity contribution in [3.8, 4) is 0 Å². The molecule has 0 bridgehead atoms. The lowest BCUT2D eigenvalue weighted by Gasteiger charge is -2.48. The fraction of sp³-hybridized carbons (Fsp3) is 0.739. The molecule has 1 atom stereocenters. The van der Waals surface area contributed by atoms with Crippen molar-refractivity contribution in [1.29, 1.82) is 0 Å². The van der Waals surface area contributed by atoms with Gasteiger partial charge in [-0.15, -0.1) is 0 Å². The molecule has 0 aromatic heterocycles. The predicted molar refractivity (Wildman–Crippen MR) is 113 cm³/mol. The molecule has 4 heteroatoms. The number of benzene rings is 1. The number of fused-ring (bicyclic) bond motifs is 1. The van der Waals surface area contributed by atoms with Gasteiger partial charge in [-0.2, -0.15) is 0 Å². The number of aliphatic hydroxyl groups excluding tert-OH is 1. The van der Waals surface area contributed by atoms with Crippen LogP contribution in [0.3, 0.4) is 0 Å². The summed E-state index contributed by atoms with van der Waals surface area (Å²) in [5, 5.41) is 9.49. The Morgan fingerprint density at radius 1 is 1.04 bits per heavy atom. The van der Waals surface area contributed by atoms with Gasteiger partial charge in [0, 0.05) is 63.1 Å². The summed E-state index contributed by atoms with van der Waals surface area (Å²) >= 11 is 0. The van der Waals surface area contributed by atoms with E-state index in [0.29, 0.717) is 24.7 Å². The smallest absolute Gasteiger partial charge is 0.0446 e. The van der Waals surface area contributed by atoms with Gasteiger partial charge in [0.2, 0.25) is 0 Å². The molecule has 2 saturated heterocycles. The highest BCUT2D eigenvalue weighted by molar-refractivity contribution is 5.52. The zero-order valence-corrected chi connectivity index (χ0v) is 17.2. The fourth-order valence-corrected chi connectivity index (χ4v) is 5.56. The molecule has 3 aliphatic rings. The first kappa shape index (κ1) is 19.2. The van der Waals surface area contributed by atoms with E-state index >= 15 is 0 Å².